The zero-order chi connectivity index (χ0) is 12.8. The molecule has 94 valence electrons. The van der Waals surface area contributed by atoms with Crippen LogP contribution in [0, 0.1) is 0 Å². The summed E-state index contributed by atoms with van der Waals surface area (Å²) < 4.78 is 0.957. The number of amides is 1. The van der Waals surface area contributed by atoms with Gasteiger partial charge in [0.25, 0.3) is 5.91 Å². The predicted molar refractivity (Wildman–Crippen MR) is 73.8 cm³/mol. The Balaban J connectivity index is 1.86. The Bertz CT molecular complexity index is 616. The molecule has 0 atom stereocenters. The van der Waals surface area contributed by atoms with Crippen LogP contribution in [0.4, 0.5) is 5.13 Å². The second-order valence-electron chi connectivity index (χ2n) is 5.10. The van der Waals surface area contributed by atoms with Crippen LogP contribution < -0.4 is 11.1 Å². The van der Waals surface area contributed by atoms with Gasteiger partial charge in [-0.05, 0) is 44.4 Å². The van der Waals surface area contributed by atoms with E-state index in [0.29, 0.717) is 10.7 Å². The lowest BCUT2D eigenvalue weighted by Crippen LogP contribution is -2.50. The van der Waals surface area contributed by atoms with Gasteiger partial charge >= 0.3 is 0 Å². The number of thiazole rings is 1. The highest BCUT2D eigenvalue weighted by Gasteiger charge is 2.33. The number of nitrogens with two attached hydrogens (primary N) is 1. The smallest absolute Gasteiger partial charge is 0.251 e. The first-order valence-corrected chi connectivity index (χ1v) is 6.86. The number of benzene rings is 1. The van der Waals surface area contributed by atoms with Crippen LogP contribution in [-0.2, 0) is 0 Å². The van der Waals surface area contributed by atoms with Gasteiger partial charge in [0.1, 0.15) is 0 Å². The summed E-state index contributed by atoms with van der Waals surface area (Å²) in [7, 11) is 0. The van der Waals surface area contributed by atoms with Gasteiger partial charge in [-0.1, -0.05) is 11.3 Å². The molecular formula is C13H15N3OS. The second kappa shape index (κ2) is 3.95. The monoisotopic (exact) mass is 261 g/mol. The van der Waals surface area contributed by atoms with E-state index in [1.807, 2.05) is 12.1 Å². The minimum atomic E-state index is -0.0151. The van der Waals surface area contributed by atoms with Crippen molar-refractivity contribution in [1.29, 1.82) is 0 Å². The van der Waals surface area contributed by atoms with Crippen molar-refractivity contribution in [3.8, 4) is 0 Å². The molecule has 3 N–H and O–H groups in total. The minimum Gasteiger partial charge on any atom is -0.375 e. The van der Waals surface area contributed by atoms with Crippen molar-refractivity contribution < 1.29 is 4.79 Å². The molecule has 18 heavy (non-hydrogen) atoms. The van der Waals surface area contributed by atoms with Gasteiger partial charge in [0.2, 0.25) is 0 Å². The fourth-order valence-corrected chi connectivity index (χ4v) is 3.04. The number of rotatable bonds is 2. The first kappa shape index (κ1) is 11.5. The van der Waals surface area contributed by atoms with Crippen molar-refractivity contribution in [2.45, 2.75) is 31.7 Å². The molecular weight excluding hydrogens is 246 g/mol. The zero-order valence-electron chi connectivity index (χ0n) is 10.2. The van der Waals surface area contributed by atoms with Crippen LogP contribution in [0.1, 0.15) is 36.5 Å². The maximum atomic E-state index is 12.1. The van der Waals surface area contributed by atoms with Crippen LogP contribution in [0.3, 0.4) is 0 Å². The molecule has 3 rings (SSSR count). The molecule has 1 saturated carbocycles. The van der Waals surface area contributed by atoms with Crippen LogP contribution in [0.25, 0.3) is 10.2 Å². The highest BCUT2D eigenvalue weighted by molar-refractivity contribution is 7.22. The highest BCUT2D eigenvalue weighted by Crippen LogP contribution is 2.31. The summed E-state index contributed by atoms with van der Waals surface area (Å²) in [6, 6.07) is 5.51. The van der Waals surface area contributed by atoms with E-state index in [9.17, 15) is 4.79 Å². The average molecular weight is 261 g/mol. The third-order valence-electron chi connectivity index (χ3n) is 3.54. The number of fused-ring (bicyclic) bond motifs is 1. The summed E-state index contributed by atoms with van der Waals surface area (Å²) in [6.07, 6.45) is 3.32. The molecule has 2 aromatic rings. The van der Waals surface area contributed by atoms with E-state index in [4.69, 9.17) is 5.73 Å². The van der Waals surface area contributed by atoms with Crippen molar-refractivity contribution in [2.75, 3.05) is 5.73 Å². The quantitative estimate of drug-likeness (QED) is 0.873. The van der Waals surface area contributed by atoms with E-state index in [2.05, 4.69) is 17.2 Å². The number of aromatic nitrogens is 1. The third-order valence-corrected chi connectivity index (χ3v) is 4.39. The van der Waals surface area contributed by atoms with Crippen LogP contribution in [0.2, 0.25) is 0 Å². The van der Waals surface area contributed by atoms with Crippen molar-refractivity contribution in [2.24, 2.45) is 0 Å². The summed E-state index contributed by atoms with van der Waals surface area (Å²) in [4.78, 5) is 16.3. The lowest BCUT2D eigenvalue weighted by molar-refractivity contribution is 0.0850. The minimum absolute atomic E-state index is 0.00827. The Hall–Kier alpha value is -1.62. The van der Waals surface area contributed by atoms with E-state index in [1.54, 1.807) is 6.07 Å². The van der Waals surface area contributed by atoms with Gasteiger partial charge < -0.3 is 11.1 Å². The fourth-order valence-electron chi connectivity index (χ4n) is 2.26. The molecule has 1 aromatic heterocycles. The Labute approximate surface area is 109 Å². The zero-order valence-corrected chi connectivity index (χ0v) is 11.0. The van der Waals surface area contributed by atoms with E-state index < -0.39 is 0 Å². The number of nitrogens with zero attached hydrogens (tertiary/aromatic N) is 1. The summed E-state index contributed by atoms with van der Waals surface area (Å²) in [5.74, 6) is -0.00827. The predicted octanol–water partition coefficient (Wildman–Crippen LogP) is 2.55. The average Bonchev–Trinajstić information content (AvgIpc) is 2.65. The molecule has 1 heterocycles. The topological polar surface area (TPSA) is 68.0 Å². The number of nitrogen functional groups attached to an aromatic ring is 1. The van der Waals surface area contributed by atoms with Crippen LogP contribution in [0.15, 0.2) is 18.2 Å². The normalized spacial score (nSPS) is 17.4. The SMILES string of the molecule is CC1(NC(=O)c2ccc3nc(N)sc3c2)CCC1. The molecule has 0 aliphatic heterocycles. The molecule has 0 bridgehead atoms. The largest absolute Gasteiger partial charge is 0.375 e. The fraction of sp³-hybridized carbons (Fsp3) is 0.385. The highest BCUT2D eigenvalue weighted by atomic mass is 32.1. The number of carbonyl (C=O) groups excluding carboxylic acids is 1. The van der Waals surface area contributed by atoms with Gasteiger partial charge in [-0.2, -0.15) is 0 Å². The number of anilines is 1. The van der Waals surface area contributed by atoms with Gasteiger partial charge in [-0.15, -0.1) is 0 Å². The van der Waals surface area contributed by atoms with Crippen LogP contribution >= 0.6 is 11.3 Å². The molecule has 1 amide bonds. The molecule has 1 aliphatic carbocycles. The summed E-state index contributed by atoms with van der Waals surface area (Å²) in [5.41, 5.74) is 7.17. The Kier molecular flexibility index (Phi) is 2.52. The molecule has 4 nitrogen and oxygen atoms in total. The summed E-state index contributed by atoms with van der Waals surface area (Å²) in [5, 5.41) is 3.63. The maximum Gasteiger partial charge on any atom is 0.251 e. The number of carbonyl (C=O) groups is 1. The van der Waals surface area contributed by atoms with E-state index >= 15 is 0 Å². The van der Waals surface area contributed by atoms with Gasteiger partial charge in [0, 0.05) is 11.1 Å². The lowest BCUT2D eigenvalue weighted by Gasteiger charge is -2.39. The van der Waals surface area contributed by atoms with E-state index in [-0.39, 0.29) is 11.4 Å². The van der Waals surface area contributed by atoms with Crippen molar-refractivity contribution in [1.82, 2.24) is 10.3 Å². The van der Waals surface area contributed by atoms with E-state index in [0.717, 1.165) is 23.1 Å². The molecule has 0 radical (unpaired) electrons. The molecule has 0 saturated heterocycles. The first-order chi connectivity index (χ1) is 8.56. The number of hydrogen-bond donors (Lipinski definition) is 2. The van der Waals surface area contributed by atoms with Crippen LogP contribution in [-0.4, -0.2) is 16.4 Å². The number of hydrogen-bond acceptors (Lipinski definition) is 4. The molecule has 1 aliphatic rings. The Morgan fingerprint density at radius 2 is 2.28 bits per heavy atom. The summed E-state index contributed by atoms with van der Waals surface area (Å²) in [6.45, 7) is 2.09. The molecule has 0 unspecified atom stereocenters. The van der Waals surface area contributed by atoms with Gasteiger partial charge in [0.15, 0.2) is 5.13 Å². The molecule has 5 heteroatoms. The Morgan fingerprint density at radius 3 is 2.94 bits per heavy atom. The van der Waals surface area contributed by atoms with Gasteiger partial charge in [-0.3, -0.25) is 4.79 Å². The summed E-state index contributed by atoms with van der Waals surface area (Å²) >= 11 is 1.41. The van der Waals surface area contributed by atoms with Crippen molar-refractivity contribution in [3.63, 3.8) is 0 Å². The molecule has 1 aromatic carbocycles. The van der Waals surface area contributed by atoms with Crippen LogP contribution in [0.5, 0.6) is 0 Å². The van der Waals surface area contributed by atoms with Crippen molar-refractivity contribution in [3.05, 3.63) is 23.8 Å². The number of nitrogens with one attached hydrogen (secondary N) is 1. The van der Waals surface area contributed by atoms with Gasteiger partial charge in [-0.25, -0.2) is 4.98 Å². The standard InChI is InChI=1S/C13H15N3OS/c1-13(5-2-6-13)16-11(17)8-3-4-9-10(7-8)18-12(14)15-9/h3-4,7H,2,5-6H2,1H3,(H2,14,15)(H,16,17). The first-order valence-electron chi connectivity index (χ1n) is 6.04. The molecule has 1 fully saturated rings. The van der Waals surface area contributed by atoms with Crippen molar-refractivity contribution >= 4 is 32.6 Å². The van der Waals surface area contributed by atoms with Gasteiger partial charge in [0.05, 0.1) is 10.2 Å². The molecule has 0 spiro atoms. The third kappa shape index (κ3) is 1.95. The Morgan fingerprint density at radius 1 is 1.50 bits per heavy atom. The maximum absolute atomic E-state index is 12.1. The second-order valence-corrected chi connectivity index (χ2v) is 6.17. The van der Waals surface area contributed by atoms with E-state index in [1.165, 1.54) is 17.8 Å². The lowest BCUT2D eigenvalue weighted by atomic mass is 9.78.